The van der Waals surface area contributed by atoms with Gasteiger partial charge in [0.2, 0.25) is 5.91 Å². The van der Waals surface area contributed by atoms with Gasteiger partial charge in [-0.1, -0.05) is 6.92 Å². The Labute approximate surface area is 132 Å². The van der Waals surface area contributed by atoms with Gasteiger partial charge in [0, 0.05) is 26.2 Å². The number of ether oxygens (including phenoxy) is 1. The van der Waals surface area contributed by atoms with Crippen LogP contribution >= 0.6 is 24.2 Å². The van der Waals surface area contributed by atoms with Gasteiger partial charge in [0.15, 0.2) is 0 Å². The standard InChI is InChI=1S/C13H27N3O2S.ClH/c1-11(10-16-4-6-18-7-5-16)9-15-13(17)12(14)3-8-19-2;/h11-12H,3-10,14H2,1-2H3,(H,15,17);1H/t11?,12-;/m0./s1. The van der Waals surface area contributed by atoms with Crippen molar-refractivity contribution < 1.29 is 9.53 Å². The average molecular weight is 326 g/mol. The van der Waals surface area contributed by atoms with Crippen LogP contribution in [-0.4, -0.2) is 68.3 Å². The van der Waals surface area contributed by atoms with Gasteiger partial charge in [-0.2, -0.15) is 11.8 Å². The number of hydrogen-bond donors (Lipinski definition) is 2. The van der Waals surface area contributed by atoms with Gasteiger partial charge in [0.05, 0.1) is 19.3 Å². The Morgan fingerprint density at radius 2 is 2.10 bits per heavy atom. The van der Waals surface area contributed by atoms with E-state index in [1.807, 2.05) is 6.26 Å². The monoisotopic (exact) mass is 325 g/mol. The highest BCUT2D eigenvalue weighted by molar-refractivity contribution is 7.98. The number of nitrogens with zero attached hydrogens (tertiary/aromatic N) is 1. The minimum Gasteiger partial charge on any atom is -0.379 e. The van der Waals surface area contributed by atoms with Crippen LogP contribution in [0.5, 0.6) is 0 Å². The predicted molar refractivity (Wildman–Crippen MR) is 87.7 cm³/mol. The highest BCUT2D eigenvalue weighted by Crippen LogP contribution is 2.03. The van der Waals surface area contributed by atoms with E-state index < -0.39 is 0 Å². The molecule has 1 unspecified atom stereocenters. The van der Waals surface area contributed by atoms with Crippen molar-refractivity contribution in [3.8, 4) is 0 Å². The van der Waals surface area contributed by atoms with Crippen molar-refractivity contribution in [3.63, 3.8) is 0 Å². The van der Waals surface area contributed by atoms with Gasteiger partial charge < -0.3 is 15.8 Å². The zero-order valence-electron chi connectivity index (χ0n) is 12.5. The summed E-state index contributed by atoms with van der Waals surface area (Å²) in [6.45, 7) is 7.48. The lowest BCUT2D eigenvalue weighted by molar-refractivity contribution is -0.122. The Morgan fingerprint density at radius 1 is 1.45 bits per heavy atom. The summed E-state index contributed by atoms with van der Waals surface area (Å²) in [6.07, 6.45) is 2.76. The van der Waals surface area contributed by atoms with Gasteiger partial charge in [0.25, 0.3) is 0 Å². The predicted octanol–water partition coefficient (Wildman–Crippen LogP) is 0.573. The van der Waals surface area contributed by atoms with Crippen molar-refractivity contribution in [2.75, 3.05) is 51.4 Å². The minimum absolute atomic E-state index is 0. The molecule has 0 spiro atoms. The highest BCUT2D eigenvalue weighted by atomic mass is 35.5. The van der Waals surface area contributed by atoms with E-state index in [-0.39, 0.29) is 24.4 Å². The smallest absolute Gasteiger partial charge is 0.236 e. The first-order valence-electron chi connectivity index (χ1n) is 6.95. The summed E-state index contributed by atoms with van der Waals surface area (Å²) >= 11 is 1.72. The number of amides is 1. The summed E-state index contributed by atoms with van der Waals surface area (Å²) in [4.78, 5) is 14.1. The van der Waals surface area contributed by atoms with E-state index in [1.165, 1.54) is 0 Å². The second-order valence-electron chi connectivity index (χ2n) is 5.15. The van der Waals surface area contributed by atoms with Crippen molar-refractivity contribution in [1.82, 2.24) is 10.2 Å². The number of carbonyl (C=O) groups is 1. The van der Waals surface area contributed by atoms with Gasteiger partial charge in [-0.3, -0.25) is 9.69 Å². The quantitative estimate of drug-likeness (QED) is 0.683. The summed E-state index contributed by atoms with van der Waals surface area (Å²) in [5.41, 5.74) is 5.82. The molecule has 1 amide bonds. The van der Waals surface area contributed by atoms with Crippen LogP contribution in [0.4, 0.5) is 0 Å². The van der Waals surface area contributed by atoms with E-state index in [4.69, 9.17) is 10.5 Å². The summed E-state index contributed by atoms with van der Waals surface area (Å²) < 4.78 is 5.32. The zero-order chi connectivity index (χ0) is 14.1. The number of nitrogens with one attached hydrogen (secondary N) is 1. The molecule has 1 heterocycles. The molecular formula is C13H28ClN3O2S. The number of carbonyl (C=O) groups excluding carboxylic acids is 1. The number of rotatable bonds is 8. The topological polar surface area (TPSA) is 67.6 Å². The number of morpholine rings is 1. The second kappa shape index (κ2) is 11.6. The molecule has 120 valence electrons. The molecule has 0 aromatic carbocycles. The van der Waals surface area contributed by atoms with Crippen molar-refractivity contribution in [1.29, 1.82) is 0 Å². The molecule has 0 aromatic heterocycles. The van der Waals surface area contributed by atoms with E-state index in [0.29, 0.717) is 12.5 Å². The molecule has 2 atom stereocenters. The molecule has 1 aliphatic heterocycles. The van der Waals surface area contributed by atoms with Crippen molar-refractivity contribution in [2.24, 2.45) is 11.7 Å². The lowest BCUT2D eigenvalue weighted by Gasteiger charge is -2.29. The minimum atomic E-state index is -0.372. The molecule has 0 aromatic rings. The third-order valence-corrected chi connectivity index (χ3v) is 3.91. The Kier molecular flexibility index (Phi) is 11.6. The molecule has 3 N–H and O–H groups in total. The van der Waals surface area contributed by atoms with Gasteiger partial charge in [-0.05, 0) is 24.3 Å². The fourth-order valence-corrected chi connectivity index (χ4v) is 2.56. The van der Waals surface area contributed by atoms with Gasteiger partial charge in [0.1, 0.15) is 0 Å². The van der Waals surface area contributed by atoms with Crippen LogP contribution in [0.1, 0.15) is 13.3 Å². The molecule has 0 saturated carbocycles. The molecule has 0 radical (unpaired) electrons. The Morgan fingerprint density at radius 3 is 2.70 bits per heavy atom. The summed E-state index contributed by atoms with van der Waals surface area (Å²) in [5, 5.41) is 2.95. The van der Waals surface area contributed by atoms with Crippen LogP contribution < -0.4 is 11.1 Å². The molecule has 5 nitrogen and oxygen atoms in total. The Balaban J connectivity index is 0.00000361. The van der Waals surface area contributed by atoms with E-state index in [2.05, 4.69) is 17.1 Å². The van der Waals surface area contributed by atoms with E-state index in [1.54, 1.807) is 11.8 Å². The molecular weight excluding hydrogens is 298 g/mol. The molecule has 1 fully saturated rings. The molecule has 1 rings (SSSR count). The van der Waals surface area contributed by atoms with Gasteiger partial charge in [-0.25, -0.2) is 0 Å². The Hall–Kier alpha value is -0.0100. The number of halogens is 1. The fraction of sp³-hybridized carbons (Fsp3) is 0.923. The van der Waals surface area contributed by atoms with Crippen molar-refractivity contribution >= 4 is 30.1 Å². The van der Waals surface area contributed by atoms with Gasteiger partial charge in [-0.15, -0.1) is 12.4 Å². The number of hydrogen-bond acceptors (Lipinski definition) is 5. The van der Waals surface area contributed by atoms with Crippen molar-refractivity contribution in [2.45, 2.75) is 19.4 Å². The maximum absolute atomic E-state index is 11.8. The molecule has 7 heteroatoms. The maximum atomic E-state index is 11.8. The van der Waals surface area contributed by atoms with Crippen LogP contribution in [0.3, 0.4) is 0 Å². The van der Waals surface area contributed by atoms with Crippen LogP contribution in [-0.2, 0) is 9.53 Å². The molecule has 20 heavy (non-hydrogen) atoms. The number of nitrogens with two attached hydrogens (primary N) is 1. The largest absolute Gasteiger partial charge is 0.379 e. The van der Waals surface area contributed by atoms with Crippen LogP contribution in [0.15, 0.2) is 0 Å². The molecule has 0 aliphatic carbocycles. The van der Waals surface area contributed by atoms with Crippen LogP contribution in [0.25, 0.3) is 0 Å². The maximum Gasteiger partial charge on any atom is 0.236 e. The van der Waals surface area contributed by atoms with E-state index in [9.17, 15) is 4.79 Å². The van der Waals surface area contributed by atoms with Crippen molar-refractivity contribution in [3.05, 3.63) is 0 Å². The van der Waals surface area contributed by atoms with E-state index >= 15 is 0 Å². The summed E-state index contributed by atoms with van der Waals surface area (Å²) in [7, 11) is 0. The first-order valence-corrected chi connectivity index (χ1v) is 8.35. The fourth-order valence-electron chi connectivity index (χ4n) is 2.07. The first-order chi connectivity index (χ1) is 9.13. The highest BCUT2D eigenvalue weighted by Gasteiger charge is 2.16. The molecule has 1 saturated heterocycles. The average Bonchev–Trinajstić information content (AvgIpc) is 2.43. The third-order valence-electron chi connectivity index (χ3n) is 3.27. The molecule has 1 aliphatic rings. The van der Waals surface area contributed by atoms with Gasteiger partial charge >= 0.3 is 0 Å². The first kappa shape index (κ1) is 20.0. The lowest BCUT2D eigenvalue weighted by atomic mass is 10.1. The third kappa shape index (κ3) is 8.32. The SMILES string of the molecule is CSCC[C@H](N)C(=O)NCC(C)CN1CCOCC1.Cl. The Bertz CT molecular complexity index is 266. The van der Waals surface area contributed by atoms with E-state index in [0.717, 1.165) is 45.0 Å². The summed E-state index contributed by atoms with van der Waals surface area (Å²) in [6, 6.07) is -0.372. The summed E-state index contributed by atoms with van der Waals surface area (Å²) in [5.74, 6) is 1.34. The van der Waals surface area contributed by atoms with Crippen LogP contribution in [0, 0.1) is 5.92 Å². The normalized spacial score (nSPS) is 18.9. The van der Waals surface area contributed by atoms with Crippen LogP contribution in [0.2, 0.25) is 0 Å². The lowest BCUT2D eigenvalue weighted by Crippen LogP contribution is -2.45. The molecule has 0 bridgehead atoms. The zero-order valence-corrected chi connectivity index (χ0v) is 14.1. The number of thioether (sulfide) groups is 1. The second-order valence-corrected chi connectivity index (χ2v) is 6.14.